The lowest BCUT2D eigenvalue weighted by Crippen LogP contribution is -2.50. The first-order valence-corrected chi connectivity index (χ1v) is 21.4. The van der Waals surface area contributed by atoms with E-state index in [1.54, 1.807) is 0 Å². The average Bonchev–Trinajstić information content (AvgIpc) is 4.14. The Bertz CT molecular complexity index is 2020. The van der Waals surface area contributed by atoms with Gasteiger partial charge in [-0.25, -0.2) is 9.97 Å². The Balaban J connectivity index is 0.000000478. The molecule has 314 valence electrons. The van der Waals surface area contributed by atoms with E-state index in [-0.39, 0.29) is 42.0 Å². The predicted octanol–water partition coefficient (Wildman–Crippen LogP) is 6.75. The first kappa shape index (κ1) is 44.6. The minimum atomic E-state index is -0.481. The van der Waals surface area contributed by atoms with Gasteiger partial charge < -0.3 is 30.7 Å². The third kappa shape index (κ3) is 14.1. The number of rotatable bonds is 15. The monoisotopic (exact) mass is 802 g/mol. The molecule has 0 bridgehead atoms. The van der Waals surface area contributed by atoms with Gasteiger partial charge >= 0.3 is 0 Å². The van der Waals surface area contributed by atoms with Gasteiger partial charge in [0, 0.05) is 35.9 Å². The van der Waals surface area contributed by atoms with Crippen LogP contribution in [0.25, 0.3) is 22.5 Å². The van der Waals surface area contributed by atoms with E-state index in [9.17, 15) is 19.2 Å². The van der Waals surface area contributed by atoms with Crippen LogP contribution in [0.15, 0.2) is 60.9 Å². The van der Waals surface area contributed by atoms with Gasteiger partial charge in [0.05, 0.1) is 36.4 Å². The molecule has 59 heavy (non-hydrogen) atoms. The largest absolute Gasteiger partial charge is 0.354 e. The molecule has 2 aliphatic carbocycles. The van der Waals surface area contributed by atoms with Gasteiger partial charge in [-0.2, -0.15) is 0 Å². The van der Waals surface area contributed by atoms with Crippen LogP contribution in [0, 0.1) is 29.6 Å². The van der Waals surface area contributed by atoms with E-state index in [0.29, 0.717) is 18.9 Å². The second-order valence-corrected chi connectivity index (χ2v) is 16.1. The highest BCUT2D eigenvalue weighted by Gasteiger charge is 2.33. The summed E-state index contributed by atoms with van der Waals surface area (Å²) in [6.45, 7) is 10.0. The van der Waals surface area contributed by atoms with E-state index in [4.69, 9.17) is 0 Å². The van der Waals surface area contributed by atoms with Crippen LogP contribution in [-0.2, 0) is 25.6 Å². The number of H-pyrrole nitrogens is 2. The Morgan fingerprint density at radius 3 is 1.93 bits per heavy atom. The number of likely N-dealkylation sites (tertiary alicyclic amines) is 1. The Morgan fingerprint density at radius 2 is 1.39 bits per heavy atom. The molecule has 2 saturated carbocycles. The van der Waals surface area contributed by atoms with Crippen LogP contribution >= 0.6 is 0 Å². The summed E-state index contributed by atoms with van der Waals surface area (Å²) in [4.78, 5) is 63.7. The fraction of sp³-hybridized carbons (Fsp3) is 0.489. The van der Waals surface area contributed by atoms with Crippen molar-refractivity contribution in [2.24, 2.45) is 17.8 Å². The van der Waals surface area contributed by atoms with Crippen LogP contribution in [-0.4, -0.2) is 81.6 Å². The summed E-state index contributed by atoms with van der Waals surface area (Å²) in [5, 5.41) is 8.40. The summed E-state index contributed by atoms with van der Waals surface area (Å²) in [5.41, 5.74) is 6.08. The van der Waals surface area contributed by atoms with Gasteiger partial charge in [-0.05, 0) is 106 Å². The highest BCUT2D eigenvalue weighted by atomic mass is 16.2. The summed E-state index contributed by atoms with van der Waals surface area (Å²) in [6.07, 6.45) is 14.5. The van der Waals surface area contributed by atoms with Crippen LogP contribution in [0.4, 0.5) is 0 Å². The summed E-state index contributed by atoms with van der Waals surface area (Å²) in [7, 11) is 2.16. The molecule has 3 fully saturated rings. The Morgan fingerprint density at radius 1 is 0.814 bits per heavy atom. The number of aromatic nitrogens is 4. The molecule has 12 nitrogen and oxygen atoms in total. The summed E-state index contributed by atoms with van der Waals surface area (Å²) in [5.74, 6) is 8.80. The Hall–Kier alpha value is -5.54. The van der Waals surface area contributed by atoms with Crippen LogP contribution in [0.1, 0.15) is 114 Å². The molecule has 3 amide bonds. The third-order valence-electron chi connectivity index (χ3n) is 10.4. The van der Waals surface area contributed by atoms with Crippen molar-refractivity contribution in [3.8, 4) is 34.4 Å². The molecular weight excluding hydrogens is 741 g/mol. The number of hydrogen-bond acceptors (Lipinski definition) is 7. The fourth-order valence-electron chi connectivity index (χ4n) is 6.68. The van der Waals surface area contributed by atoms with Crippen molar-refractivity contribution in [1.82, 2.24) is 40.8 Å². The zero-order chi connectivity index (χ0) is 42.1. The third-order valence-corrected chi connectivity index (χ3v) is 10.4. The number of carbonyl (C=O) groups excluding carboxylic acids is 4. The van der Waals surface area contributed by atoms with Gasteiger partial charge in [-0.15, -0.1) is 0 Å². The molecule has 3 aliphatic rings. The number of nitrogens with zero attached hydrogens (tertiary/aromatic N) is 3. The van der Waals surface area contributed by atoms with Crippen molar-refractivity contribution in [3.63, 3.8) is 0 Å². The van der Waals surface area contributed by atoms with Crippen molar-refractivity contribution >= 4 is 24.0 Å². The number of aldehydes is 1. The predicted molar refractivity (Wildman–Crippen MR) is 232 cm³/mol. The molecule has 7 rings (SSSR count). The van der Waals surface area contributed by atoms with E-state index < -0.39 is 6.04 Å². The van der Waals surface area contributed by atoms with Crippen molar-refractivity contribution in [1.29, 1.82) is 0 Å². The second kappa shape index (κ2) is 22.6. The number of hydrogen-bond donors (Lipinski definition) is 5. The molecule has 0 spiro atoms. The summed E-state index contributed by atoms with van der Waals surface area (Å²) in [6, 6.07) is 16.4. The van der Waals surface area contributed by atoms with E-state index in [2.05, 4.69) is 110 Å². The maximum atomic E-state index is 12.6. The van der Waals surface area contributed by atoms with E-state index in [1.165, 1.54) is 12.8 Å². The minimum Gasteiger partial charge on any atom is -0.354 e. The number of aromatic amines is 2. The lowest BCUT2D eigenvalue weighted by atomic mass is 10.0. The number of unbranched alkanes of at least 4 members (excludes halogenated alkanes) is 1. The van der Waals surface area contributed by atoms with Crippen molar-refractivity contribution in [2.45, 2.75) is 104 Å². The number of amides is 3. The first-order chi connectivity index (χ1) is 28.6. The lowest BCUT2D eigenvalue weighted by molar-refractivity contribution is -0.130. The van der Waals surface area contributed by atoms with Crippen molar-refractivity contribution in [3.05, 3.63) is 83.7 Å². The van der Waals surface area contributed by atoms with Gasteiger partial charge in [-0.3, -0.25) is 19.3 Å². The molecule has 3 heterocycles. The number of nitrogens with one attached hydrogen (secondary N) is 5. The van der Waals surface area contributed by atoms with Gasteiger partial charge in [0.15, 0.2) is 0 Å². The van der Waals surface area contributed by atoms with E-state index in [1.807, 2.05) is 38.4 Å². The lowest BCUT2D eigenvalue weighted by Gasteiger charge is -2.21. The summed E-state index contributed by atoms with van der Waals surface area (Å²) >= 11 is 0. The molecule has 2 unspecified atom stereocenters. The Kier molecular flexibility index (Phi) is 17.0. The molecule has 12 heteroatoms. The molecule has 2 aromatic heterocycles. The van der Waals surface area contributed by atoms with Crippen molar-refractivity contribution < 1.29 is 19.2 Å². The standard InChI is InChI=1S/C38H45N7O2.C6H9NO2.C3H8/c1-25(2)35(44-37(46)30-19-20-30)38(47)39-21-5-4-8-34-40-23-31(42-34)28-15-11-26(12-16-28)9-10-27-13-17-29(18-14-27)32-24-41-36(43-32)33-7-6-22-45(33)3;8-4-3-7-6(9)5-1-2-5;1-3-2/h11-18,23-25,30,33,35H,4-8,19-22H2,1-3H3,(H,39,47)(H,40,42)(H,41,43)(H,44,46);4-5H,1-3H2,(H,7,9);3H2,1-2H3. The second-order valence-electron chi connectivity index (χ2n) is 16.1. The van der Waals surface area contributed by atoms with Gasteiger partial charge in [0.25, 0.3) is 0 Å². The summed E-state index contributed by atoms with van der Waals surface area (Å²) < 4.78 is 0. The Labute approximate surface area is 349 Å². The molecule has 1 aliphatic heterocycles. The topological polar surface area (TPSA) is 165 Å². The molecule has 2 aromatic carbocycles. The molecule has 1 saturated heterocycles. The normalized spacial score (nSPS) is 16.3. The maximum absolute atomic E-state index is 12.6. The van der Waals surface area contributed by atoms with Gasteiger partial charge in [0.2, 0.25) is 17.7 Å². The minimum absolute atomic E-state index is 0.00349. The van der Waals surface area contributed by atoms with Gasteiger partial charge in [-0.1, -0.05) is 70.2 Å². The molecular formula is C47H62N8O4. The van der Waals surface area contributed by atoms with E-state index in [0.717, 1.165) is 103 Å². The highest BCUT2D eigenvalue weighted by molar-refractivity contribution is 5.89. The van der Waals surface area contributed by atoms with Crippen LogP contribution in [0.5, 0.6) is 0 Å². The highest BCUT2D eigenvalue weighted by Crippen LogP contribution is 2.31. The molecule has 5 N–H and O–H groups in total. The molecule has 4 aromatic rings. The quantitative estimate of drug-likeness (QED) is 0.0504. The molecule has 2 atom stereocenters. The number of imidazole rings is 2. The zero-order valence-corrected chi connectivity index (χ0v) is 35.4. The fourth-order valence-corrected chi connectivity index (χ4v) is 6.68. The molecule has 0 radical (unpaired) electrons. The average molecular weight is 803 g/mol. The van der Waals surface area contributed by atoms with Gasteiger partial charge in [0.1, 0.15) is 24.0 Å². The van der Waals surface area contributed by atoms with Crippen LogP contribution in [0.3, 0.4) is 0 Å². The zero-order valence-electron chi connectivity index (χ0n) is 35.4. The van der Waals surface area contributed by atoms with Crippen LogP contribution < -0.4 is 16.0 Å². The number of benzene rings is 2. The number of aryl methyl sites for hydroxylation is 1. The maximum Gasteiger partial charge on any atom is 0.242 e. The number of carbonyl (C=O) groups is 4. The van der Waals surface area contributed by atoms with Crippen LogP contribution in [0.2, 0.25) is 0 Å². The first-order valence-electron chi connectivity index (χ1n) is 21.4. The van der Waals surface area contributed by atoms with E-state index >= 15 is 0 Å². The smallest absolute Gasteiger partial charge is 0.242 e. The van der Waals surface area contributed by atoms with Crippen molar-refractivity contribution in [2.75, 3.05) is 26.7 Å². The SMILES string of the molecule is CC(C)C(NC(=O)C1CC1)C(=O)NCCCCc1ncc(-c2ccc(C#Cc3ccc(-c4cnc(C5CCCN5C)[nH]4)cc3)cc2)[nH]1.CCC.O=CCNC(=O)C1CC1.